The molecule has 3 aromatic carbocycles. The number of Topliss-reactive ketones (excluding diaryl/α,β-unsaturated/α-hetero) is 1. The zero-order valence-corrected chi connectivity index (χ0v) is 23.3. The normalized spacial score (nSPS) is 16.4. The number of hydrogen-bond acceptors (Lipinski definition) is 8. The fraction of sp³-hybridized carbons (Fsp3) is 0.200. The average molecular weight is 576 g/mol. The summed E-state index contributed by atoms with van der Waals surface area (Å²) in [5.74, 6) is -1.20. The van der Waals surface area contributed by atoms with Crippen LogP contribution in [0.1, 0.15) is 42.5 Å². The van der Waals surface area contributed by atoms with Gasteiger partial charge in [0, 0.05) is 11.3 Å². The Morgan fingerprint density at radius 3 is 2.45 bits per heavy atom. The topological polar surface area (TPSA) is 92.6 Å². The van der Waals surface area contributed by atoms with Gasteiger partial charge >= 0.3 is 5.91 Å². The summed E-state index contributed by atoms with van der Waals surface area (Å²) in [6.45, 7) is 2.65. The molecule has 1 amide bonds. The van der Waals surface area contributed by atoms with E-state index in [-0.39, 0.29) is 16.5 Å². The van der Waals surface area contributed by atoms with Crippen molar-refractivity contribution in [3.63, 3.8) is 0 Å². The first-order valence-corrected chi connectivity index (χ1v) is 14.6. The van der Waals surface area contributed by atoms with Gasteiger partial charge in [-0.05, 0) is 53.9 Å². The van der Waals surface area contributed by atoms with Gasteiger partial charge in [-0.25, -0.2) is 4.39 Å². The van der Waals surface area contributed by atoms with Crippen molar-refractivity contribution in [3.8, 4) is 5.75 Å². The number of rotatable bonds is 10. The van der Waals surface area contributed by atoms with Gasteiger partial charge in [-0.2, -0.15) is 0 Å². The summed E-state index contributed by atoms with van der Waals surface area (Å²) >= 11 is 2.64. The number of carbonyl (C=O) groups is 2. The zero-order valence-electron chi connectivity index (χ0n) is 21.6. The molecule has 2 heterocycles. The standard InChI is InChI=1S/C30H26FN3O4S2/c1-2-3-17-38-23-15-11-21(12-16-23)26(35)24-25(20-9-13-22(31)14-10-20)34(28(37)27(24)36)29-32-33-30(40-29)39-18-19-7-5-4-6-8-19/h4-16,25,35H,2-3,17-18H2,1H3/t25-/m1/s1. The highest BCUT2D eigenvalue weighted by Gasteiger charge is 2.48. The molecule has 10 heteroatoms. The highest BCUT2D eigenvalue weighted by Crippen LogP contribution is 2.44. The van der Waals surface area contributed by atoms with Crippen LogP contribution in [-0.2, 0) is 15.3 Å². The van der Waals surface area contributed by atoms with E-state index < -0.39 is 23.5 Å². The molecule has 1 atom stereocenters. The Morgan fingerprint density at radius 1 is 1.02 bits per heavy atom. The number of aliphatic hydroxyl groups is 1. The van der Waals surface area contributed by atoms with Crippen molar-refractivity contribution >= 4 is 45.7 Å². The molecule has 1 N–H and O–H groups in total. The summed E-state index contributed by atoms with van der Waals surface area (Å²) < 4.78 is 20.1. The summed E-state index contributed by atoms with van der Waals surface area (Å²) in [5.41, 5.74) is 1.81. The van der Waals surface area contributed by atoms with Gasteiger partial charge in [0.2, 0.25) is 5.13 Å². The van der Waals surface area contributed by atoms with Crippen molar-refractivity contribution in [2.75, 3.05) is 11.5 Å². The molecule has 204 valence electrons. The number of hydrogen-bond donors (Lipinski definition) is 1. The van der Waals surface area contributed by atoms with Crippen molar-refractivity contribution in [3.05, 3.63) is 107 Å². The third-order valence-corrected chi connectivity index (χ3v) is 8.46. The smallest absolute Gasteiger partial charge is 0.301 e. The largest absolute Gasteiger partial charge is 0.507 e. The van der Waals surface area contributed by atoms with Crippen molar-refractivity contribution in [1.82, 2.24) is 10.2 Å². The van der Waals surface area contributed by atoms with Crippen molar-refractivity contribution < 1.29 is 23.8 Å². The molecule has 0 bridgehead atoms. The Kier molecular flexibility index (Phi) is 8.57. The SMILES string of the molecule is CCCCOc1ccc(C(O)=C2C(=O)C(=O)N(c3nnc(SCc4ccccc4)s3)[C@@H]2c2ccc(F)cc2)cc1. The Bertz CT molecular complexity index is 1520. The van der Waals surface area contributed by atoms with E-state index in [1.165, 1.54) is 52.3 Å². The van der Waals surface area contributed by atoms with Crippen LogP contribution in [0.15, 0.2) is 88.8 Å². The van der Waals surface area contributed by atoms with E-state index in [1.54, 1.807) is 24.3 Å². The molecule has 1 aliphatic heterocycles. The number of anilines is 1. The molecular formula is C30H26FN3O4S2. The van der Waals surface area contributed by atoms with E-state index in [1.807, 2.05) is 30.3 Å². The summed E-state index contributed by atoms with van der Waals surface area (Å²) in [6.07, 6.45) is 1.92. The van der Waals surface area contributed by atoms with Crippen molar-refractivity contribution in [1.29, 1.82) is 0 Å². The average Bonchev–Trinajstić information content (AvgIpc) is 3.55. The van der Waals surface area contributed by atoms with Crippen molar-refractivity contribution in [2.24, 2.45) is 0 Å². The van der Waals surface area contributed by atoms with Crippen LogP contribution < -0.4 is 9.64 Å². The van der Waals surface area contributed by atoms with Crippen LogP contribution in [0.25, 0.3) is 5.76 Å². The molecule has 1 fully saturated rings. The molecule has 1 aromatic heterocycles. The molecule has 0 aliphatic carbocycles. The Morgan fingerprint density at radius 2 is 1.75 bits per heavy atom. The molecule has 0 spiro atoms. The molecule has 4 aromatic rings. The third kappa shape index (κ3) is 5.93. The first kappa shape index (κ1) is 27.5. The van der Waals surface area contributed by atoms with E-state index >= 15 is 0 Å². The fourth-order valence-corrected chi connectivity index (χ4v) is 6.09. The maximum Gasteiger partial charge on any atom is 0.301 e. The summed E-state index contributed by atoms with van der Waals surface area (Å²) in [7, 11) is 0. The van der Waals surface area contributed by atoms with Crippen LogP contribution in [0.3, 0.4) is 0 Å². The number of amides is 1. The second-order valence-corrected chi connectivity index (χ2v) is 11.3. The summed E-state index contributed by atoms with van der Waals surface area (Å²) in [4.78, 5) is 27.9. The lowest BCUT2D eigenvalue weighted by atomic mass is 9.95. The predicted octanol–water partition coefficient (Wildman–Crippen LogP) is 6.77. The Hall–Kier alpha value is -4.02. The molecule has 7 nitrogen and oxygen atoms in total. The lowest BCUT2D eigenvalue weighted by Crippen LogP contribution is -2.29. The summed E-state index contributed by atoms with van der Waals surface area (Å²) in [5, 5.41) is 19.9. The number of benzene rings is 3. The number of unbranched alkanes of at least 4 members (excludes halogenated alkanes) is 1. The number of nitrogens with zero attached hydrogens (tertiary/aromatic N) is 3. The monoisotopic (exact) mass is 575 g/mol. The highest BCUT2D eigenvalue weighted by molar-refractivity contribution is 8.00. The van der Waals surface area contributed by atoms with Gasteiger partial charge in [0.15, 0.2) is 4.34 Å². The first-order chi connectivity index (χ1) is 19.5. The molecule has 0 radical (unpaired) electrons. The minimum atomic E-state index is -1.01. The Labute approximate surface area is 239 Å². The van der Waals surface area contributed by atoms with Crippen molar-refractivity contribution in [2.45, 2.75) is 35.9 Å². The lowest BCUT2D eigenvalue weighted by Gasteiger charge is -2.22. The van der Waals surface area contributed by atoms with E-state index in [9.17, 15) is 19.1 Å². The van der Waals surface area contributed by atoms with E-state index in [2.05, 4.69) is 17.1 Å². The van der Waals surface area contributed by atoms with Crippen LogP contribution in [0.5, 0.6) is 5.75 Å². The number of ketones is 1. The molecular weight excluding hydrogens is 549 g/mol. The number of aliphatic hydroxyl groups excluding tert-OH is 1. The maximum atomic E-state index is 13.8. The number of aromatic nitrogens is 2. The molecule has 1 aliphatic rings. The second kappa shape index (κ2) is 12.4. The lowest BCUT2D eigenvalue weighted by molar-refractivity contribution is -0.132. The van der Waals surface area contributed by atoms with E-state index in [0.717, 1.165) is 18.4 Å². The third-order valence-electron chi connectivity index (χ3n) is 6.33. The van der Waals surface area contributed by atoms with Gasteiger partial charge in [0.1, 0.15) is 17.3 Å². The van der Waals surface area contributed by atoms with Gasteiger partial charge in [-0.1, -0.05) is 78.9 Å². The van der Waals surface area contributed by atoms with E-state index in [0.29, 0.717) is 33.6 Å². The fourth-order valence-electron chi connectivity index (χ4n) is 4.27. The predicted molar refractivity (Wildman–Crippen MR) is 154 cm³/mol. The second-order valence-electron chi connectivity index (χ2n) is 9.07. The quantitative estimate of drug-likeness (QED) is 0.0557. The molecule has 5 rings (SSSR count). The summed E-state index contributed by atoms with van der Waals surface area (Å²) in [6, 6.07) is 21.0. The van der Waals surface area contributed by atoms with Gasteiger partial charge in [-0.3, -0.25) is 14.5 Å². The minimum Gasteiger partial charge on any atom is -0.507 e. The molecule has 0 saturated carbocycles. The van der Waals surface area contributed by atoms with Gasteiger partial charge in [0.25, 0.3) is 5.78 Å². The van der Waals surface area contributed by atoms with Crippen LogP contribution in [0, 0.1) is 5.82 Å². The van der Waals surface area contributed by atoms with Crippen LogP contribution >= 0.6 is 23.1 Å². The number of halogens is 1. The number of thioether (sulfide) groups is 1. The molecule has 0 unspecified atom stereocenters. The molecule has 1 saturated heterocycles. The highest BCUT2D eigenvalue weighted by atomic mass is 32.2. The minimum absolute atomic E-state index is 0.107. The Balaban J connectivity index is 1.49. The van der Waals surface area contributed by atoms with Gasteiger partial charge in [-0.15, -0.1) is 10.2 Å². The van der Waals surface area contributed by atoms with Gasteiger partial charge in [0.05, 0.1) is 18.2 Å². The first-order valence-electron chi connectivity index (χ1n) is 12.8. The van der Waals surface area contributed by atoms with Crippen LogP contribution in [0.4, 0.5) is 9.52 Å². The van der Waals surface area contributed by atoms with Crippen LogP contribution in [-0.4, -0.2) is 33.6 Å². The number of carbonyl (C=O) groups excluding carboxylic acids is 2. The van der Waals surface area contributed by atoms with Gasteiger partial charge < -0.3 is 9.84 Å². The van der Waals surface area contributed by atoms with E-state index in [4.69, 9.17) is 4.74 Å². The zero-order chi connectivity index (χ0) is 28.1. The van der Waals surface area contributed by atoms with Crippen LogP contribution in [0.2, 0.25) is 0 Å². The maximum absolute atomic E-state index is 13.8. The molecule has 40 heavy (non-hydrogen) atoms. The number of ether oxygens (including phenoxy) is 1.